The van der Waals surface area contributed by atoms with Crippen LogP contribution in [0.25, 0.3) is 0 Å². The summed E-state index contributed by atoms with van der Waals surface area (Å²) in [6.45, 7) is 0. The molecule has 98 valence electrons. The Morgan fingerprint density at radius 2 is 2.05 bits per heavy atom. The minimum Gasteiger partial charge on any atom is -0.497 e. The summed E-state index contributed by atoms with van der Waals surface area (Å²) < 4.78 is 10.5. The van der Waals surface area contributed by atoms with Gasteiger partial charge >= 0.3 is 5.97 Å². The van der Waals surface area contributed by atoms with Gasteiger partial charge in [-0.2, -0.15) is 0 Å². The van der Waals surface area contributed by atoms with Crippen molar-refractivity contribution in [1.29, 1.82) is 0 Å². The van der Waals surface area contributed by atoms with E-state index in [1.807, 2.05) is 0 Å². The van der Waals surface area contributed by atoms with Crippen molar-refractivity contribution in [2.75, 3.05) is 12.8 Å². The van der Waals surface area contributed by atoms with E-state index in [9.17, 15) is 4.79 Å². The number of nitrogens with zero attached hydrogens (tertiary/aromatic N) is 1. The molecule has 0 aliphatic rings. The summed E-state index contributed by atoms with van der Waals surface area (Å²) in [6.07, 6.45) is 1.19. The van der Waals surface area contributed by atoms with E-state index in [2.05, 4.69) is 4.98 Å². The van der Waals surface area contributed by atoms with Gasteiger partial charge in [0.2, 0.25) is 5.88 Å². The van der Waals surface area contributed by atoms with E-state index in [1.165, 1.54) is 12.3 Å². The maximum absolute atomic E-state index is 10.8. The number of nitrogen functional groups attached to an aromatic ring is 1. The Labute approximate surface area is 109 Å². The number of methoxy groups -OCH3 is 1. The summed E-state index contributed by atoms with van der Waals surface area (Å²) in [7, 11) is 1.55. The van der Waals surface area contributed by atoms with Crippen LogP contribution in [0.3, 0.4) is 0 Å². The van der Waals surface area contributed by atoms with Gasteiger partial charge in [-0.3, -0.25) is 0 Å². The number of benzene rings is 1. The third kappa shape index (κ3) is 2.92. The largest absolute Gasteiger partial charge is 0.497 e. The lowest BCUT2D eigenvalue weighted by Crippen LogP contribution is -2.01. The molecule has 1 aromatic heterocycles. The lowest BCUT2D eigenvalue weighted by atomic mass is 10.2. The summed E-state index contributed by atoms with van der Waals surface area (Å²) in [4.78, 5) is 14.6. The van der Waals surface area contributed by atoms with E-state index in [0.29, 0.717) is 11.5 Å². The van der Waals surface area contributed by atoms with Crippen molar-refractivity contribution in [3.63, 3.8) is 0 Å². The number of carboxylic acid groups (broad SMARTS) is 1. The second kappa shape index (κ2) is 5.26. The normalized spacial score (nSPS) is 9.95. The van der Waals surface area contributed by atoms with Crippen LogP contribution >= 0.6 is 0 Å². The molecule has 0 unspecified atom stereocenters. The Balaban J connectivity index is 2.25. The summed E-state index contributed by atoms with van der Waals surface area (Å²) in [5.41, 5.74) is 5.86. The van der Waals surface area contributed by atoms with E-state index in [4.69, 9.17) is 20.3 Å². The van der Waals surface area contributed by atoms with Gasteiger partial charge in [-0.05, 0) is 18.2 Å². The number of hydrogen-bond donors (Lipinski definition) is 2. The SMILES string of the molecule is COc1cccc(Oc2ncc(C(=O)O)cc2N)c1. The van der Waals surface area contributed by atoms with E-state index < -0.39 is 5.97 Å². The molecule has 1 aromatic carbocycles. The predicted molar refractivity (Wildman–Crippen MR) is 68.7 cm³/mol. The molecule has 0 spiro atoms. The number of nitrogens with two attached hydrogens (primary N) is 1. The minimum absolute atomic E-state index is 0.00972. The van der Waals surface area contributed by atoms with Gasteiger partial charge in [0.1, 0.15) is 11.5 Å². The zero-order valence-electron chi connectivity index (χ0n) is 10.2. The number of hydrogen-bond acceptors (Lipinski definition) is 5. The van der Waals surface area contributed by atoms with Gasteiger partial charge in [-0.25, -0.2) is 9.78 Å². The smallest absolute Gasteiger partial charge is 0.337 e. The second-order valence-electron chi connectivity index (χ2n) is 3.70. The Morgan fingerprint density at radius 1 is 1.32 bits per heavy atom. The van der Waals surface area contributed by atoms with E-state index in [1.54, 1.807) is 31.4 Å². The van der Waals surface area contributed by atoms with Crippen LogP contribution in [-0.2, 0) is 0 Å². The van der Waals surface area contributed by atoms with Crippen LogP contribution in [0.15, 0.2) is 36.5 Å². The number of ether oxygens (including phenoxy) is 2. The van der Waals surface area contributed by atoms with E-state index >= 15 is 0 Å². The topological polar surface area (TPSA) is 94.7 Å². The van der Waals surface area contributed by atoms with Crippen molar-refractivity contribution in [2.24, 2.45) is 0 Å². The van der Waals surface area contributed by atoms with Gasteiger partial charge in [0.15, 0.2) is 0 Å². The van der Waals surface area contributed by atoms with E-state index in [0.717, 1.165) is 0 Å². The fraction of sp³-hybridized carbons (Fsp3) is 0.0769. The third-order valence-corrected chi connectivity index (χ3v) is 2.38. The Bertz CT molecular complexity index is 613. The van der Waals surface area contributed by atoms with Crippen LogP contribution in [-0.4, -0.2) is 23.2 Å². The highest BCUT2D eigenvalue weighted by Crippen LogP contribution is 2.27. The molecule has 1 heterocycles. The molecule has 0 amide bonds. The van der Waals surface area contributed by atoms with Gasteiger partial charge in [-0.15, -0.1) is 0 Å². The Morgan fingerprint density at radius 3 is 2.68 bits per heavy atom. The Kier molecular flexibility index (Phi) is 3.51. The first-order chi connectivity index (χ1) is 9.10. The van der Waals surface area contributed by atoms with Gasteiger partial charge in [0.25, 0.3) is 0 Å². The molecule has 6 heteroatoms. The third-order valence-electron chi connectivity index (χ3n) is 2.38. The standard InChI is InChI=1S/C13H12N2O4/c1-18-9-3-2-4-10(6-9)19-12-11(14)5-8(7-15-12)13(16)17/h2-7H,14H2,1H3,(H,16,17). The quantitative estimate of drug-likeness (QED) is 0.874. The molecule has 0 atom stereocenters. The summed E-state index contributed by atoms with van der Waals surface area (Å²) in [6, 6.07) is 8.22. The highest BCUT2D eigenvalue weighted by molar-refractivity contribution is 5.88. The molecule has 6 nitrogen and oxygen atoms in total. The maximum Gasteiger partial charge on any atom is 0.337 e. The summed E-state index contributed by atoms with van der Waals surface area (Å²) in [5.74, 6) is 0.199. The molecule has 0 aliphatic heterocycles. The van der Waals surface area contributed by atoms with Gasteiger partial charge in [-0.1, -0.05) is 6.07 Å². The van der Waals surface area contributed by atoms with Crippen molar-refractivity contribution in [3.8, 4) is 17.4 Å². The average Bonchev–Trinajstić information content (AvgIpc) is 2.41. The highest BCUT2D eigenvalue weighted by Gasteiger charge is 2.09. The van der Waals surface area contributed by atoms with Gasteiger partial charge in [0.05, 0.1) is 18.4 Å². The molecule has 0 aliphatic carbocycles. The fourth-order valence-electron chi connectivity index (χ4n) is 1.45. The zero-order chi connectivity index (χ0) is 13.8. The van der Waals surface area contributed by atoms with Crippen LogP contribution in [0.4, 0.5) is 5.69 Å². The first-order valence-corrected chi connectivity index (χ1v) is 5.41. The lowest BCUT2D eigenvalue weighted by Gasteiger charge is -2.08. The highest BCUT2D eigenvalue weighted by atomic mass is 16.5. The monoisotopic (exact) mass is 260 g/mol. The van der Waals surface area contributed by atoms with Crippen molar-refractivity contribution in [1.82, 2.24) is 4.98 Å². The number of carbonyl (C=O) groups is 1. The van der Waals surface area contributed by atoms with Gasteiger partial charge < -0.3 is 20.3 Å². The Hall–Kier alpha value is -2.76. The van der Waals surface area contributed by atoms with Crippen LogP contribution < -0.4 is 15.2 Å². The average molecular weight is 260 g/mol. The van der Waals surface area contributed by atoms with Crippen molar-refractivity contribution < 1.29 is 19.4 Å². The first-order valence-electron chi connectivity index (χ1n) is 5.41. The van der Waals surface area contributed by atoms with Crippen molar-refractivity contribution in [3.05, 3.63) is 42.1 Å². The van der Waals surface area contributed by atoms with Crippen LogP contribution in [0.5, 0.6) is 17.4 Å². The van der Waals surface area contributed by atoms with E-state index in [-0.39, 0.29) is 17.1 Å². The second-order valence-corrected chi connectivity index (χ2v) is 3.70. The lowest BCUT2D eigenvalue weighted by molar-refractivity contribution is 0.0696. The zero-order valence-corrected chi connectivity index (χ0v) is 10.2. The molecular weight excluding hydrogens is 248 g/mol. The molecule has 0 bridgehead atoms. The molecule has 0 radical (unpaired) electrons. The molecule has 3 N–H and O–H groups in total. The molecule has 0 saturated carbocycles. The number of anilines is 1. The van der Waals surface area contributed by atoms with Crippen molar-refractivity contribution >= 4 is 11.7 Å². The number of aromatic carboxylic acids is 1. The van der Waals surface area contributed by atoms with Crippen LogP contribution in [0.1, 0.15) is 10.4 Å². The number of pyridine rings is 1. The van der Waals surface area contributed by atoms with Crippen molar-refractivity contribution in [2.45, 2.75) is 0 Å². The maximum atomic E-state index is 10.8. The number of rotatable bonds is 4. The number of carboxylic acids is 1. The molecule has 19 heavy (non-hydrogen) atoms. The summed E-state index contributed by atoms with van der Waals surface area (Å²) in [5, 5.41) is 8.81. The molecule has 0 fully saturated rings. The predicted octanol–water partition coefficient (Wildman–Crippen LogP) is 2.16. The number of aromatic nitrogens is 1. The summed E-state index contributed by atoms with van der Waals surface area (Å²) >= 11 is 0. The molecule has 2 rings (SSSR count). The van der Waals surface area contributed by atoms with Crippen LogP contribution in [0.2, 0.25) is 0 Å². The fourth-order valence-corrected chi connectivity index (χ4v) is 1.45. The molecule has 2 aromatic rings. The van der Waals surface area contributed by atoms with Gasteiger partial charge in [0, 0.05) is 12.3 Å². The van der Waals surface area contributed by atoms with Crippen LogP contribution in [0, 0.1) is 0 Å². The first kappa shape index (κ1) is 12.7. The molecular formula is C13H12N2O4. The minimum atomic E-state index is -1.09. The molecule has 0 saturated heterocycles.